The molecule has 94 valence electrons. The number of nitrogens with two attached hydrogens (primary N) is 1. The van der Waals surface area contributed by atoms with Crippen LogP contribution in [0.25, 0.3) is 0 Å². The molecule has 0 unspecified atom stereocenters. The molecule has 1 saturated heterocycles. The predicted octanol–water partition coefficient (Wildman–Crippen LogP) is 2.04. The molecule has 5 heteroatoms. The van der Waals surface area contributed by atoms with E-state index in [1.165, 1.54) is 5.69 Å². The first-order valence-electron chi connectivity index (χ1n) is 5.73. The number of rotatable bonds is 2. The topological polar surface area (TPSA) is 46.3 Å². The molecule has 0 spiro atoms. The first-order valence-corrected chi connectivity index (χ1v) is 8.01. The molecule has 0 aliphatic carbocycles. The summed E-state index contributed by atoms with van der Waals surface area (Å²) in [6.45, 7) is 3.72. The molecule has 1 aliphatic heterocycles. The Morgan fingerprint density at radius 3 is 2.59 bits per heavy atom. The molecule has 1 fully saturated rings. The monoisotopic (exact) mass is 316 g/mol. The second-order valence-electron chi connectivity index (χ2n) is 4.33. The number of nitrogens with zero attached hydrogens (tertiary/aromatic N) is 1. The molecule has 1 heterocycles. The summed E-state index contributed by atoms with van der Waals surface area (Å²) in [4.78, 5) is 2.27. The molecule has 0 amide bonds. The van der Waals surface area contributed by atoms with Crippen LogP contribution in [-0.4, -0.2) is 28.8 Å². The van der Waals surface area contributed by atoms with Gasteiger partial charge in [0.1, 0.15) is 0 Å². The van der Waals surface area contributed by atoms with Gasteiger partial charge >= 0.3 is 0 Å². The molecular formula is C12H17BrN2OS. The van der Waals surface area contributed by atoms with Gasteiger partial charge in [0.2, 0.25) is 0 Å². The molecule has 2 N–H and O–H groups in total. The molecule has 0 saturated carbocycles. The molecular weight excluding hydrogens is 300 g/mol. The summed E-state index contributed by atoms with van der Waals surface area (Å²) in [6, 6.07) is 6.30. The summed E-state index contributed by atoms with van der Waals surface area (Å²) < 4.78 is 12.4. The zero-order valence-corrected chi connectivity index (χ0v) is 12.3. The van der Waals surface area contributed by atoms with Crippen LogP contribution in [0.5, 0.6) is 0 Å². The van der Waals surface area contributed by atoms with E-state index in [1.807, 2.05) is 6.92 Å². The quantitative estimate of drug-likeness (QED) is 0.908. The molecule has 2 rings (SSSR count). The SMILES string of the molecule is C[C@@H](N)c1ccc(N2CCS(=O)CC2)cc1Br. The summed E-state index contributed by atoms with van der Waals surface area (Å²) >= 11 is 3.56. The molecule has 0 bridgehead atoms. The second kappa shape index (κ2) is 5.50. The van der Waals surface area contributed by atoms with Crippen LogP contribution in [0.2, 0.25) is 0 Å². The highest BCUT2D eigenvalue weighted by atomic mass is 79.9. The predicted molar refractivity (Wildman–Crippen MR) is 76.8 cm³/mol. The van der Waals surface area contributed by atoms with E-state index in [-0.39, 0.29) is 6.04 Å². The van der Waals surface area contributed by atoms with Crippen molar-refractivity contribution in [1.82, 2.24) is 0 Å². The Labute approximate surface area is 113 Å². The standard InChI is InChI=1S/C12H17BrN2OS/c1-9(14)11-3-2-10(8-12(11)13)15-4-6-17(16)7-5-15/h2-3,8-9H,4-7,14H2,1H3/t9-/m1/s1. The maximum Gasteiger partial charge on any atom is 0.0411 e. The molecule has 0 aromatic heterocycles. The minimum absolute atomic E-state index is 0.0345. The van der Waals surface area contributed by atoms with Gasteiger partial charge in [-0.3, -0.25) is 4.21 Å². The van der Waals surface area contributed by atoms with Gasteiger partial charge in [0, 0.05) is 51.6 Å². The van der Waals surface area contributed by atoms with Crippen LogP contribution in [0.3, 0.4) is 0 Å². The molecule has 1 aliphatic rings. The molecule has 17 heavy (non-hydrogen) atoms. The van der Waals surface area contributed by atoms with Crippen LogP contribution >= 0.6 is 15.9 Å². The Balaban J connectivity index is 2.17. The number of anilines is 1. The van der Waals surface area contributed by atoms with Crippen LogP contribution in [0.15, 0.2) is 22.7 Å². The van der Waals surface area contributed by atoms with Gasteiger partial charge < -0.3 is 10.6 Å². The summed E-state index contributed by atoms with van der Waals surface area (Å²) in [5.74, 6) is 1.54. The highest BCUT2D eigenvalue weighted by molar-refractivity contribution is 9.10. The Morgan fingerprint density at radius 2 is 2.06 bits per heavy atom. The van der Waals surface area contributed by atoms with E-state index in [0.717, 1.165) is 34.6 Å². The van der Waals surface area contributed by atoms with Crippen molar-refractivity contribution in [3.63, 3.8) is 0 Å². The zero-order chi connectivity index (χ0) is 12.4. The summed E-state index contributed by atoms with van der Waals surface area (Å²) in [7, 11) is -0.625. The van der Waals surface area contributed by atoms with Gasteiger partial charge in [-0.25, -0.2) is 0 Å². The highest BCUT2D eigenvalue weighted by Crippen LogP contribution is 2.27. The minimum Gasteiger partial charge on any atom is -0.370 e. The second-order valence-corrected chi connectivity index (χ2v) is 6.88. The smallest absolute Gasteiger partial charge is 0.0411 e. The van der Waals surface area contributed by atoms with E-state index in [2.05, 4.69) is 39.0 Å². The number of benzene rings is 1. The van der Waals surface area contributed by atoms with Gasteiger partial charge in [0.15, 0.2) is 0 Å². The lowest BCUT2D eigenvalue weighted by Gasteiger charge is -2.29. The van der Waals surface area contributed by atoms with Gasteiger partial charge in [0.05, 0.1) is 0 Å². The first-order chi connectivity index (χ1) is 8.08. The van der Waals surface area contributed by atoms with E-state index in [1.54, 1.807) is 0 Å². The fraction of sp³-hybridized carbons (Fsp3) is 0.500. The van der Waals surface area contributed by atoms with Crippen LogP contribution in [-0.2, 0) is 10.8 Å². The first kappa shape index (κ1) is 13.1. The average molecular weight is 317 g/mol. The van der Waals surface area contributed by atoms with Crippen molar-refractivity contribution < 1.29 is 4.21 Å². The molecule has 1 aromatic rings. The Morgan fingerprint density at radius 1 is 1.41 bits per heavy atom. The molecule has 3 nitrogen and oxygen atoms in total. The van der Waals surface area contributed by atoms with Gasteiger partial charge in [-0.05, 0) is 24.6 Å². The molecule has 0 radical (unpaired) electrons. The van der Waals surface area contributed by atoms with Crippen LogP contribution < -0.4 is 10.6 Å². The van der Waals surface area contributed by atoms with Crippen molar-refractivity contribution >= 4 is 32.4 Å². The van der Waals surface area contributed by atoms with E-state index in [4.69, 9.17) is 5.73 Å². The minimum atomic E-state index is -0.625. The van der Waals surface area contributed by atoms with Crippen LogP contribution in [0.4, 0.5) is 5.69 Å². The fourth-order valence-corrected chi connectivity index (χ4v) is 3.76. The van der Waals surface area contributed by atoms with Crippen molar-refractivity contribution in [2.45, 2.75) is 13.0 Å². The lowest BCUT2D eigenvalue weighted by atomic mass is 10.1. The summed E-state index contributed by atoms with van der Waals surface area (Å²) in [5.41, 5.74) is 8.18. The van der Waals surface area contributed by atoms with Crippen molar-refractivity contribution in [3.8, 4) is 0 Å². The maximum atomic E-state index is 11.3. The number of hydrogen-bond acceptors (Lipinski definition) is 3. The molecule has 1 aromatic carbocycles. The normalized spacial score (nSPS) is 19.4. The third-order valence-corrected chi connectivity index (χ3v) is 4.98. The lowest BCUT2D eigenvalue weighted by molar-refractivity contribution is 0.673. The Kier molecular flexibility index (Phi) is 4.22. The zero-order valence-electron chi connectivity index (χ0n) is 9.86. The third-order valence-electron chi connectivity index (χ3n) is 3.02. The lowest BCUT2D eigenvalue weighted by Crippen LogP contribution is -2.37. The van der Waals surface area contributed by atoms with E-state index in [0.29, 0.717) is 0 Å². The van der Waals surface area contributed by atoms with Gasteiger partial charge in [-0.2, -0.15) is 0 Å². The maximum absolute atomic E-state index is 11.3. The van der Waals surface area contributed by atoms with E-state index >= 15 is 0 Å². The summed E-state index contributed by atoms with van der Waals surface area (Å²) in [6.07, 6.45) is 0. The van der Waals surface area contributed by atoms with Gasteiger partial charge in [-0.1, -0.05) is 22.0 Å². The Bertz CT molecular complexity index is 427. The largest absolute Gasteiger partial charge is 0.370 e. The summed E-state index contributed by atoms with van der Waals surface area (Å²) in [5, 5.41) is 0. The van der Waals surface area contributed by atoms with Gasteiger partial charge in [-0.15, -0.1) is 0 Å². The van der Waals surface area contributed by atoms with E-state index < -0.39 is 10.8 Å². The highest BCUT2D eigenvalue weighted by Gasteiger charge is 2.16. The number of halogens is 1. The molecule has 1 atom stereocenters. The third kappa shape index (κ3) is 3.09. The van der Waals surface area contributed by atoms with Gasteiger partial charge in [0.25, 0.3) is 0 Å². The van der Waals surface area contributed by atoms with Crippen molar-refractivity contribution in [1.29, 1.82) is 0 Å². The average Bonchev–Trinajstić information content (AvgIpc) is 2.29. The van der Waals surface area contributed by atoms with Crippen molar-refractivity contribution in [3.05, 3.63) is 28.2 Å². The Hall–Kier alpha value is -0.390. The van der Waals surface area contributed by atoms with Crippen molar-refractivity contribution in [2.75, 3.05) is 29.5 Å². The fourth-order valence-electron chi connectivity index (χ4n) is 1.98. The van der Waals surface area contributed by atoms with Crippen LogP contribution in [0, 0.1) is 0 Å². The number of hydrogen-bond donors (Lipinski definition) is 1. The van der Waals surface area contributed by atoms with Crippen LogP contribution in [0.1, 0.15) is 18.5 Å². The van der Waals surface area contributed by atoms with Crippen molar-refractivity contribution in [2.24, 2.45) is 5.73 Å². The van der Waals surface area contributed by atoms with E-state index in [9.17, 15) is 4.21 Å².